The highest BCUT2D eigenvalue weighted by atomic mass is 32.1. The van der Waals surface area contributed by atoms with Gasteiger partial charge in [-0.15, -0.1) is 0 Å². The van der Waals surface area contributed by atoms with Crippen molar-refractivity contribution >= 4 is 17.2 Å². The number of rotatable bonds is 4. The van der Waals surface area contributed by atoms with Gasteiger partial charge in [0.25, 0.3) is 0 Å². The van der Waals surface area contributed by atoms with Crippen molar-refractivity contribution in [3.8, 4) is 5.75 Å². The van der Waals surface area contributed by atoms with Gasteiger partial charge in [0, 0.05) is 11.6 Å². The zero-order chi connectivity index (χ0) is 13.8. The van der Waals surface area contributed by atoms with Gasteiger partial charge in [0.1, 0.15) is 23.2 Å². The van der Waals surface area contributed by atoms with E-state index in [-0.39, 0.29) is 5.82 Å². The van der Waals surface area contributed by atoms with E-state index in [4.69, 9.17) is 22.7 Å². The molecule has 0 unspecified atom stereocenters. The molecule has 0 aliphatic heterocycles. The van der Waals surface area contributed by atoms with Crippen LogP contribution in [0, 0.1) is 12.7 Å². The predicted octanol–water partition coefficient (Wildman–Crippen LogP) is 3.35. The molecule has 0 spiro atoms. The summed E-state index contributed by atoms with van der Waals surface area (Å²) in [5.41, 5.74) is 7.92. The van der Waals surface area contributed by atoms with Crippen molar-refractivity contribution in [3.63, 3.8) is 0 Å². The molecule has 2 nitrogen and oxygen atoms in total. The summed E-state index contributed by atoms with van der Waals surface area (Å²) in [4.78, 5) is 0.369. The molecule has 0 aliphatic carbocycles. The molecule has 0 aromatic heterocycles. The first-order valence-corrected chi connectivity index (χ1v) is 6.25. The fourth-order valence-electron chi connectivity index (χ4n) is 1.60. The van der Waals surface area contributed by atoms with Crippen LogP contribution in [-0.4, -0.2) is 4.99 Å². The van der Waals surface area contributed by atoms with Crippen LogP contribution in [0.25, 0.3) is 0 Å². The Labute approximate surface area is 117 Å². The number of halogens is 1. The van der Waals surface area contributed by atoms with E-state index < -0.39 is 0 Å². The summed E-state index contributed by atoms with van der Waals surface area (Å²) in [7, 11) is 0. The Kier molecular flexibility index (Phi) is 4.12. The van der Waals surface area contributed by atoms with E-state index in [0.717, 1.165) is 11.1 Å². The lowest BCUT2D eigenvalue weighted by atomic mass is 10.1. The van der Waals surface area contributed by atoms with Gasteiger partial charge < -0.3 is 10.5 Å². The van der Waals surface area contributed by atoms with Crippen LogP contribution in [0.3, 0.4) is 0 Å². The zero-order valence-electron chi connectivity index (χ0n) is 10.5. The van der Waals surface area contributed by atoms with Crippen LogP contribution in [0.1, 0.15) is 16.7 Å². The summed E-state index contributed by atoms with van der Waals surface area (Å²) < 4.78 is 18.9. The van der Waals surface area contributed by atoms with Crippen LogP contribution in [0.2, 0.25) is 0 Å². The Bertz CT molecular complexity index is 596. The van der Waals surface area contributed by atoms with Gasteiger partial charge in [0.15, 0.2) is 0 Å². The maximum absolute atomic E-state index is 13.3. The molecule has 0 saturated carbocycles. The molecule has 0 atom stereocenters. The minimum Gasteiger partial charge on any atom is -0.489 e. The summed E-state index contributed by atoms with van der Waals surface area (Å²) in [6, 6.07) is 12.3. The van der Waals surface area contributed by atoms with Gasteiger partial charge in [0.2, 0.25) is 0 Å². The van der Waals surface area contributed by atoms with Crippen LogP contribution < -0.4 is 10.5 Å². The second-order valence-corrected chi connectivity index (χ2v) is 4.70. The number of ether oxygens (including phenoxy) is 1. The van der Waals surface area contributed by atoms with Crippen LogP contribution in [0.15, 0.2) is 42.5 Å². The van der Waals surface area contributed by atoms with Crippen molar-refractivity contribution in [1.82, 2.24) is 0 Å². The third kappa shape index (κ3) is 3.51. The maximum atomic E-state index is 13.3. The Morgan fingerprint density at radius 2 is 1.89 bits per heavy atom. The summed E-state index contributed by atoms with van der Waals surface area (Å²) in [5, 5.41) is 0. The lowest BCUT2D eigenvalue weighted by Crippen LogP contribution is -2.09. The Morgan fingerprint density at radius 3 is 2.47 bits per heavy atom. The second-order valence-electron chi connectivity index (χ2n) is 4.26. The van der Waals surface area contributed by atoms with E-state index in [0.29, 0.717) is 22.9 Å². The first-order chi connectivity index (χ1) is 9.06. The molecule has 0 aliphatic rings. The van der Waals surface area contributed by atoms with Crippen molar-refractivity contribution < 1.29 is 9.13 Å². The summed E-state index contributed by atoms with van der Waals surface area (Å²) in [5.74, 6) is 0.253. The van der Waals surface area contributed by atoms with Crippen LogP contribution in [0.5, 0.6) is 5.75 Å². The fraction of sp³-hybridized carbons (Fsp3) is 0.133. The average molecular weight is 275 g/mol. The highest BCUT2D eigenvalue weighted by Gasteiger charge is 2.01. The number of thiocarbonyl (C=S) groups is 1. The quantitative estimate of drug-likeness (QED) is 0.869. The molecule has 2 aromatic rings. The Morgan fingerprint density at radius 1 is 1.21 bits per heavy atom. The fourth-order valence-corrected chi connectivity index (χ4v) is 1.73. The van der Waals surface area contributed by atoms with Gasteiger partial charge in [-0.3, -0.25) is 0 Å². The molecule has 0 bridgehead atoms. The molecule has 0 heterocycles. The third-order valence-corrected chi connectivity index (χ3v) is 3.02. The van der Waals surface area contributed by atoms with E-state index in [2.05, 4.69) is 0 Å². The number of hydrogen-bond donors (Lipinski definition) is 1. The highest BCUT2D eigenvalue weighted by Crippen LogP contribution is 2.17. The summed E-state index contributed by atoms with van der Waals surface area (Å²) in [6.45, 7) is 2.09. The van der Waals surface area contributed by atoms with Gasteiger partial charge in [-0.2, -0.15) is 0 Å². The molecule has 98 valence electrons. The third-order valence-electron chi connectivity index (χ3n) is 2.79. The van der Waals surface area contributed by atoms with Crippen LogP contribution in [0.4, 0.5) is 4.39 Å². The molecular formula is C15H14FNOS. The van der Waals surface area contributed by atoms with Crippen molar-refractivity contribution in [1.29, 1.82) is 0 Å². The molecule has 19 heavy (non-hydrogen) atoms. The highest BCUT2D eigenvalue weighted by molar-refractivity contribution is 7.80. The average Bonchev–Trinajstić information content (AvgIpc) is 2.40. The standard InChI is InChI=1S/C15H14FNOS/c1-10-2-7-13(8-14(10)16)18-9-11-3-5-12(6-4-11)15(17)19/h2-8H,9H2,1H3,(H2,17,19). The second kappa shape index (κ2) is 5.80. The van der Waals surface area contributed by atoms with E-state index in [1.807, 2.05) is 24.3 Å². The van der Waals surface area contributed by atoms with Crippen molar-refractivity contribution in [3.05, 3.63) is 65.0 Å². The predicted molar refractivity (Wildman–Crippen MR) is 77.8 cm³/mol. The minimum atomic E-state index is -0.263. The number of aryl methyl sites for hydroxylation is 1. The normalized spacial score (nSPS) is 10.2. The van der Waals surface area contributed by atoms with Gasteiger partial charge in [-0.25, -0.2) is 4.39 Å². The zero-order valence-corrected chi connectivity index (χ0v) is 11.3. The smallest absolute Gasteiger partial charge is 0.129 e. The van der Waals surface area contributed by atoms with Gasteiger partial charge in [-0.05, 0) is 24.1 Å². The lowest BCUT2D eigenvalue weighted by molar-refractivity contribution is 0.304. The molecular weight excluding hydrogens is 261 g/mol. The number of benzene rings is 2. The maximum Gasteiger partial charge on any atom is 0.129 e. The topological polar surface area (TPSA) is 35.2 Å². The van der Waals surface area contributed by atoms with Gasteiger partial charge >= 0.3 is 0 Å². The molecule has 2 rings (SSSR count). The molecule has 4 heteroatoms. The molecule has 2 N–H and O–H groups in total. The molecule has 0 radical (unpaired) electrons. The molecule has 2 aromatic carbocycles. The summed E-state index contributed by atoms with van der Waals surface area (Å²) in [6.07, 6.45) is 0. The first kappa shape index (κ1) is 13.5. The van der Waals surface area contributed by atoms with E-state index in [9.17, 15) is 4.39 Å². The SMILES string of the molecule is Cc1ccc(OCc2ccc(C(N)=S)cc2)cc1F. The number of nitrogens with two attached hydrogens (primary N) is 1. The Hall–Kier alpha value is -1.94. The largest absolute Gasteiger partial charge is 0.489 e. The summed E-state index contributed by atoms with van der Waals surface area (Å²) >= 11 is 4.88. The van der Waals surface area contributed by atoms with E-state index >= 15 is 0 Å². The van der Waals surface area contributed by atoms with E-state index in [1.54, 1.807) is 19.1 Å². The van der Waals surface area contributed by atoms with Gasteiger partial charge in [0.05, 0.1) is 0 Å². The van der Waals surface area contributed by atoms with E-state index in [1.165, 1.54) is 6.07 Å². The van der Waals surface area contributed by atoms with Crippen molar-refractivity contribution in [2.75, 3.05) is 0 Å². The number of hydrogen-bond acceptors (Lipinski definition) is 2. The van der Waals surface area contributed by atoms with Crippen LogP contribution in [-0.2, 0) is 6.61 Å². The van der Waals surface area contributed by atoms with Gasteiger partial charge in [-0.1, -0.05) is 42.5 Å². The monoisotopic (exact) mass is 275 g/mol. The molecule has 0 amide bonds. The lowest BCUT2D eigenvalue weighted by Gasteiger charge is -2.08. The van der Waals surface area contributed by atoms with Crippen molar-refractivity contribution in [2.45, 2.75) is 13.5 Å². The van der Waals surface area contributed by atoms with Crippen molar-refractivity contribution in [2.24, 2.45) is 5.73 Å². The minimum absolute atomic E-state index is 0.263. The molecule has 0 fully saturated rings. The first-order valence-electron chi connectivity index (χ1n) is 5.84. The van der Waals surface area contributed by atoms with Crippen LogP contribution >= 0.6 is 12.2 Å². The molecule has 0 saturated heterocycles. The Balaban J connectivity index is 2.01.